The highest BCUT2D eigenvalue weighted by Gasteiger charge is 2.19. The van der Waals surface area contributed by atoms with Crippen molar-refractivity contribution in [3.8, 4) is 0 Å². The van der Waals surface area contributed by atoms with Crippen LogP contribution in [0.15, 0.2) is 36.5 Å². The SMILES string of the molecule is CSCC[C@H](NC(=O)c1cnc(Cl)c(Cl)c1)c1nc2ccccc2[nH]1. The van der Waals surface area contributed by atoms with E-state index in [2.05, 4.69) is 20.3 Å². The number of imidazole rings is 1. The number of H-pyrrole nitrogens is 1. The van der Waals surface area contributed by atoms with E-state index in [4.69, 9.17) is 23.2 Å². The van der Waals surface area contributed by atoms with Crippen molar-refractivity contribution < 1.29 is 4.79 Å². The summed E-state index contributed by atoms with van der Waals surface area (Å²) in [5.74, 6) is 1.36. The van der Waals surface area contributed by atoms with Gasteiger partial charge in [0.25, 0.3) is 5.91 Å². The van der Waals surface area contributed by atoms with Gasteiger partial charge in [-0.2, -0.15) is 11.8 Å². The molecule has 2 N–H and O–H groups in total. The van der Waals surface area contributed by atoms with Crippen molar-refractivity contribution in [2.45, 2.75) is 12.5 Å². The Balaban J connectivity index is 1.84. The van der Waals surface area contributed by atoms with Crippen LogP contribution in [0.5, 0.6) is 0 Å². The number of fused-ring (bicyclic) bond motifs is 1. The summed E-state index contributed by atoms with van der Waals surface area (Å²) in [6.45, 7) is 0. The van der Waals surface area contributed by atoms with Gasteiger partial charge in [-0.25, -0.2) is 9.97 Å². The number of aromatic nitrogens is 3. The minimum absolute atomic E-state index is 0.175. The topological polar surface area (TPSA) is 70.7 Å². The number of hydrogen-bond donors (Lipinski definition) is 2. The van der Waals surface area contributed by atoms with Gasteiger partial charge in [0, 0.05) is 6.20 Å². The first kappa shape index (κ1) is 18.0. The molecule has 3 rings (SSSR count). The van der Waals surface area contributed by atoms with Gasteiger partial charge in [0.2, 0.25) is 0 Å². The fourth-order valence-corrected chi connectivity index (χ4v) is 3.18. The van der Waals surface area contributed by atoms with Crippen LogP contribution in [0.3, 0.4) is 0 Å². The Hall–Kier alpha value is -1.76. The molecule has 5 nitrogen and oxygen atoms in total. The largest absolute Gasteiger partial charge is 0.342 e. The molecular weight excluding hydrogens is 379 g/mol. The monoisotopic (exact) mass is 394 g/mol. The molecule has 0 aliphatic rings. The second-order valence-corrected chi connectivity index (χ2v) is 7.19. The van der Waals surface area contributed by atoms with E-state index in [1.54, 1.807) is 11.8 Å². The van der Waals surface area contributed by atoms with Crippen LogP contribution in [0, 0.1) is 0 Å². The van der Waals surface area contributed by atoms with Crippen LogP contribution in [-0.4, -0.2) is 32.9 Å². The summed E-state index contributed by atoms with van der Waals surface area (Å²) >= 11 is 13.5. The molecule has 1 atom stereocenters. The van der Waals surface area contributed by atoms with Crippen molar-refractivity contribution in [1.29, 1.82) is 0 Å². The molecule has 8 heteroatoms. The molecule has 0 spiro atoms. The van der Waals surface area contributed by atoms with E-state index in [0.29, 0.717) is 5.56 Å². The number of nitrogens with zero attached hydrogens (tertiary/aromatic N) is 2. The summed E-state index contributed by atoms with van der Waals surface area (Å²) in [5.41, 5.74) is 2.17. The van der Waals surface area contributed by atoms with Gasteiger partial charge in [-0.15, -0.1) is 0 Å². The third-order valence-electron chi connectivity index (χ3n) is 3.71. The standard InChI is InChI=1S/C17H16Cl2N4OS/c1-25-7-6-14(16-21-12-4-2-3-5-13(12)22-16)23-17(24)10-8-11(18)15(19)20-9-10/h2-5,8-9,14H,6-7H2,1H3,(H,21,22)(H,23,24)/t14-/m0/s1. The highest BCUT2D eigenvalue weighted by atomic mass is 35.5. The lowest BCUT2D eigenvalue weighted by Crippen LogP contribution is -2.30. The van der Waals surface area contributed by atoms with Crippen LogP contribution in [0.2, 0.25) is 10.2 Å². The number of nitrogens with one attached hydrogen (secondary N) is 2. The number of benzene rings is 1. The molecule has 0 radical (unpaired) electrons. The minimum atomic E-state index is -0.266. The molecule has 0 saturated carbocycles. The van der Waals surface area contributed by atoms with Crippen molar-refractivity contribution in [3.63, 3.8) is 0 Å². The molecule has 0 fully saturated rings. The van der Waals surface area contributed by atoms with Crippen LogP contribution in [-0.2, 0) is 0 Å². The molecule has 1 aromatic carbocycles. The molecule has 0 saturated heterocycles. The van der Waals surface area contributed by atoms with Gasteiger partial charge < -0.3 is 10.3 Å². The zero-order valence-corrected chi connectivity index (χ0v) is 15.8. The summed E-state index contributed by atoms with van der Waals surface area (Å²) in [5, 5.41) is 3.43. The van der Waals surface area contributed by atoms with Crippen LogP contribution < -0.4 is 5.32 Å². The molecule has 3 aromatic rings. The molecule has 0 aliphatic heterocycles. The van der Waals surface area contributed by atoms with E-state index >= 15 is 0 Å². The Morgan fingerprint density at radius 3 is 2.88 bits per heavy atom. The predicted octanol–water partition coefficient (Wildman–Crippen LogP) is 4.49. The first-order chi connectivity index (χ1) is 12.1. The summed E-state index contributed by atoms with van der Waals surface area (Å²) in [6, 6.07) is 9.05. The van der Waals surface area contributed by atoms with E-state index in [1.807, 2.05) is 30.5 Å². The molecule has 2 heterocycles. The van der Waals surface area contributed by atoms with Crippen molar-refractivity contribution in [3.05, 3.63) is 58.1 Å². The van der Waals surface area contributed by atoms with E-state index in [-0.39, 0.29) is 22.1 Å². The van der Waals surface area contributed by atoms with Crippen LogP contribution in [0.1, 0.15) is 28.6 Å². The molecule has 0 aliphatic carbocycles. The van der Waals surface area contributed by atoms with Gasteiger partial charge in [-0.05, 0) is 36.6 Å². The normalized spacial score (nSPS) is 12.3. The lowest BCUT2D eigenvalue weighted by atomic mass is 10.2. The fraction of sp³-hybridized carbons (Fsp3) is 0.235. The number of amides is 1. The Bertz CT molecular complexity index is 866. The maximum atomic E-state index is 12.6. The predicted molar refractivity (Wildman–Crippen MR) is 104 cm³/mol. The smallest absolute Gasteiger partial charge is 0.253 e. The number of hydrogen-bond acceptors (Lipinski definition) is 4. The van der Waals surface area contributed by atoms with Crippen LogP contribution >= 0.6 is 35.0 Å². The maximum Gasteiger partial charge on any atom is 0.253 e. The summed E-state index contributed by atoms with van der Waals surface area (Å²) in [7, 11) is 0. The first-order valence-corrected chi connectivity index (χ1v) is 9.79. The summed E-state index contributed by atoms with van der Waals surface area (Å²) in [4.78, 5) is 24.4. The third-order valence-corrected chi connectivity index (χ3v) is 5.04. The Kier molecular flexibility index (Phi) is 5.83. The number of carbonyl (C=O) groups excluding carboxylic acids is 1. The summed E-state index contributed by atoms with van der Waals surface area (Å²) in [6.07, 6.45) is 4.19. The van der Waals surface area contributed by atoms with Crippen LogP contribution in [0.4, 0.5) is 0 Å². The lowest BCUT2D eigenvalue weighted by molar-refractivity contribution is 0.0934. The second-order valence-electron chi connectivity index (χ2n) is 5.44. The molecule has 2 aromatic heterocycles. The molecule has 0 bridgehead atoms. The Labute approximate surface area is 159 Å². The van der Waals surface area contributed by atoms with E-state index in [9.17, 15) is 4.79 Å². The second kappa shape index (κ2) is 8.08. The molecule has 1 amide bonds. The molecule has 0 unspecified atom stereocenters. The van der Waals surface area contributed by atoms with Gasteiger partial charge in [0.1, 0.15) is 11.0 Å². The average Bonchev–Trinajstić information content (AvgIpc) is 3.04. The van der Waals surface area contributed by atoms with Crippen LogP contribution in [0.25, 0.3) is 11.0 Å². The number of aromatic amines is 1. The van der Waals surface area contributed by atoms with Gasteiger partial charge in [0.05, 0.1) is 27.7 Å². The highest BCUT2D eigenvalue weighted by molar-refractivity contribution is 7.98. The Morgan fingerprint density at radius 1 is 1.36 bits per heavy atom. The number of rotatable bonds is 6. The van der Waals surface area contributed by atoms with Gasteiger partial charge in [-0.3, -0.25) is 4.79 Å². The van der Waals surface area contributed by atoms with Crippen molar-refractivity contribution >= 4 is 51.9 Å². The number of thioether (sulfide) groups is 1. The third kappa shape index (κ3) is 4.26. The minimum Gasteiger partial charge on any atom is -0.342 e. The van der Waals surface area contributed by atoms with Gasteiger partial charge in [0.15, 0.2) is 0 Å². The number of halogens is 2. The number of pyridine rings is 1. The van der Waals surface area contributed by atoms with Crippen molar-refractivity contribution in [1.82, 2.24) is 20.3 Å². The van der Waals surface area contributed by atoms with E-state index in [1.165, 1.54) is 12.3 Å². The molecule has 130 valence electrons. The maximum absolute atomic E-state index is 12.6. The highest BCUT2D eigenvalue weighted by Crippen LogP contribution is 2.22. The zero-order chi connectivity index (χ0) is 17.8. The molecular formula is C17H16Cl2N4OS. The first-order valence-electron chi connectivity index (χ1n) is 7.64. The lowest BCUT2D eigenvalue weighted by Gasteiger charge is -2.16. The van der Waals surface area contributed by atoms with Gasteiger partial charge >= 0.3 is 0 Å². The average molecular weight is 395 g/mol. The van der Waals surface area contributed by atoms with Crippen molar-refractivity contribution in [2.24, 2.45) is 0 Å². The summed E-state index contributed by atoms with van der Waals surface area (Å²) < 4.78 is 0. The number of carbonyl (C=O) groups is 1. The van der Waals surface area contributed by atoms with Crippen molar-refractivity contribution in [2.75, 3.05) is 12.0 Å². The zero-order valence-electron chi connectivity index (χ0n) is 13.4. The Morgan fingerprint density at radius 2 is 2.16 bits per heavy atom. The number of para-hydroxylation sites is 2. The van der Waals surface area contributed by atoms with Gasteiger partial charge in [-0.1, -0.05) is 35.3 Å². The molecule has 25 heavy (non-hydrogen) atoms. The van der Waals surface area contributed by atoms with E-state index in [0.717, 1.165) is 29.0 Å². The fourth-order valence-electron chi connectivity index (χ4n) is 2.44. The quantitative estimate of drug-likeness (QED) is 0.604. The van der Waals surface area contributed by atoms with E-state index < -0.39 is 0 Å².